The molecule has 1 aromatic heterocycles. The number of rotatable bonds is 2. The first-order valence-corrected chi connectivity index (χ1v) is 6.70. The third-order valence-electron chi connectivity index (χ3n) is 3.79. The smallest absolute Gasteiger partial charge is 0.377 e. The monoisotopic (exact) mass is 305 g/mol. The minimum absolute atomic E-state index is 0.147. The van der Waals surface area contributed by atoms with Gasteiger partial charge in [-0.3, -0.25) is 9.89 Å². The largest absolute Gasteiger partial charge is 0.400 e. The molecule has 0 saturated carbocycles. The molecule has 8 heteroatoms. The van der Waals surface area contributed by atoms with Crippen LogP contribution < -0.4 is 0 Å². The summed E-state index contributed by atoms with van der Waals surface area (Å²) in [6.07, 6.45) is -4.54. The van der Waals surface area contributed by atoms with Crippen molar-refractivity contribution in [3.8, 4) is 0 Å². The third kappa shape index (κ3) is 3.04. The van der Waals surface area contributed by atoms with E-state index in [0.717, 1.165) is 18.2 Å². The Bertz CT molecular complexity index is 508. The number of halogens is 3. The van der Waals surface area contributed by atoms with Crippen LogP contribution in [0.3, 0.4) is 0 Å². The van der Waals surface area contributed by atoms with Gasteiger partial charge >= 0.3 is 6.18 Å². The lowest BCUT2D eigenvalue weighted by molar-refractivity contribution is -0.190. The molecule has 1 aliphatic heterocycles. The van der Waals surface area contributed by atoms with Gasteiger partial charge in [-0.15, -0.1) is 0 Å². The van der Waals surface area contributed by atoms with E-state index in [2.05, 4.69) is 10.2 Å². The summed E-state index contributed by atoms with van der Waals surface area (Å²) < 4.78 is 43.7. The highest BCUT2D eigenvalue weighted by atomic mass is 19.4. The number of amides is 1. The molecule has 1 saturated heterocycles. The summed E-state index contributed by atoms with van der Waals surface area (Å²) in [5, 5.41) is 6.83. The highest BCUT2D eigenvalue weighted by molar-refractivity contribution is 5.80. The van der Waals surface area contributed by atoms with E-state index in [9.17, 15) is 18.0 Å². The van der Waals surface area contributed by atoms with Crippen LogP contribution in [0.4, 0.5) is 13.2 Å². The molecule has 1 aliphatic rings. The van der Waals surface area contributed by atoms with Gasteiger partial charge in [0, 0.05) is 17.8 Å². The number of nitrogens with zero attached hydrogens (tertiary/aromatic N) is 2. The summed E-state index contributed by atoms with van der Waals surface area (Å²) in [6.45, 7) is 4.99. The number of ether oxygens (including phenoxy) is 1. The number of nitrogens with one attached hydrogen (secondary N) is 1. The average molecular weight is 305 g/mol. The normalized spacial score (nSPS) is 21.4. The SMILES string of the molecule is Cc1n[nH]c(C)c1C1COCCN1C(=O)C(C)C(F)(F)F. The first-order chi connectivity index (χ1) is 9.73. The Labute approximate surface area is 120 Å². The van der Waals surface area contributed by atoms with Gasteiger partial charge in [-0.25, -0.2) is 0 Å². The van der Waals surface area contributed by atoms with Crippen molar-refractivity contribution in [2.24, 2.45) is 5.92 Å². The molecule has 5 nitrogen and oxygen atoms in total. The maximum Gasteiger partial charge on any atom is 0.400 e. The van der Waals surface area contributed by atoms with E-state index in [1.165, 1.54) is 4.90 Å². The van der Waals surface area contributed by atoms with E-state index >= 15 is 0 Å². The Morgan fingerprint density at radius 1 is 1.48 bits per heavy atom. The summed E-state index contributed by atoms with van der Waals surface area (Å²) in [7, 11) is 0. The molecule has 2 rings (SSSR count). The number of hydrogen-bond acceptors (Lipinski definition) is 3. The lowest BCUT2D eigenvalue weighted by Crippen LogP contribution is -2.48. The average Bonchev–Trinajstić information content (AvgIpc) is 2.75. The van der Waals surface area contributed by atoms with Crippen LogP contribution in [0.25, 0.3) is 0 Å². The van der Waals surface area contributed by atoms with Gasteiger partial charge in [0.15, 0.2) is 0 Å². The summed E-state index contributed by atoms with van der Waals surface area (Å²) in [5.41, 5.74) is 2.14. The molecular weight excluding hydrogens is 287 g/mol. The van der Waals surface area contributed by atoms with Crippen molar-refractivity contribution < 1.29 is 22.7 Å². The number of aromatic nitrogens is 2. The lowest BCUT2D eigenvalue weighted by atomic mass is 10.0. The number of morpholine rings is 1. The lowest BCUT2D eigenvalue weighted by Gasteiger charge is -2.37. The maximum absolute atomic E-state index is 12.8. The first kappa shape index (κ1) is 15.8. The van der Waals surface area contributed by atoms with Gasteiger partial charge in [-0.05, 0) is 20.8 Å². The Balaban J connectivity index is 2.30. The fraction of sp³-hybridized carbons (Fsp3) is 0.692. The molecular formula is C13H18F3N3O2. The number of hydrogen-bond donors (Lipinski definition) is 1. The second-order valence-corrected chi connectivity index (χ2v) is 5.23. The number of H-pyrrole nitrogens is 1. The molecule has 1 aromatic rings. The minimum Gasteiger partial charge on any atom is -0.377 e. The van der Waals surface area contributed by atoms with E-state index in [-0.39, 0.29) is 19.8 Å². The highest BCUT2D eigenvalue weighted by Crippen LogP contribution is 2.33. The zero-order chi connectivity index (χ0) is 15.8. The zero-order valence-corrected chi connectivity index (χ0v) is 12.1. The third-order valence-corrected chi connectivity index (χ3v) is 3.79. The summed E-state index contributed by atoms with van der Waals surface area (Å²) in [5.74, 6) is -2.94. The second kappa shape index (κ2) is 5.67. The summed E-state index contributed by atoms with van der Waals surface area (Å²) in [6, 6.07) is -0.533. The molecule has 2 heterocycles. The van der Waals surface area contributed by atoms with Crippen molar-refractivity contribution in [3.05, 3.63) is 17.0 Å². The quantitative estimate of drug-likeness (QED) is 0.910. The first-order valence-electron chi connectivity index (χ1n) is 6.70. The van der Waals surface area contributed by atoms with E-state index < -0.39 is 24.0 Å². The predicted molar refractivity (Wildman–Crippen MR) is 68.6 cm³/mol. The molecule has 118 valence electrons. The van der Waals surface area contributed by atoms with Gasteiger partial charge in [0.05, 0.1) is 24.9 Å². The zero-order valence-electron chi connectivity index (χ0n) is 12.1. The number of carbonyl (C=O) groups is 1. The Morgan fingerprint density at radius 2 is 2.14 bits per heavy atom. The minimum atomic E-state index is -4.54. The number of carbonyl (C=O) groups excluding carboxylic acids is 1. The second-order valence-electron chi connectivity index (χ2n) is 5.23. The Morgan fingerprint density at radius 3 is 2.67 bits per heavy atom. The van der Waals surface area contributed by atoms with E-state index in [4.69, 9.17) is 4.74 Å². The maximum atomic E-state index is 12.8. The summed E-state index contributed by atoms with van der Waals surface area (Å²) in [4.78, 5) is 13.4. The fourth-order valence-corrected chi connectivity index (χ4v) is 2.55. The highest BCUT2D eigenvalue weighted by Gasteiger charge is 2.45. The Hall–Kier alpha value is -1.57. The van der Waals surface area contributed by atoms with E-state index in [0.29, 0.717) is 5.69 Å². The van der Waals surface area contributed by atoms with Crippen LogP contribution >= 0.6 is 0 Å². The molecule has 0 aliphatic carbocycles. The molecule has 2 atom stereocenters. The topological polar surface area (TPSA) is 58.2 Å². The van der Waals surface area contributed by atoms with Crippen LogP contribution in [-0.2, 0) is 9.53 Å². The van der Waals surface area contributed by atoms with Crippen LogP contribution in [0.5, 0.6) is 0 Å². The molecule has 1 N–H and O–H groups in total. The molecule has 0 radical (unpaired) electrons. The van der Waals surface area contributed by atoms with Gasteiger partial charge in [-0.2, -0.15) is 18.3 Å². The van der Waals surface area contributed by atoms with Gasteiger partial charge in [0.25, 0.3) is 0 Å². The van der Waals surface area contributed by atoms with Crippen LogP contribution in [-0.4, -0.2) is 46.9 Å². The summed E-state index contributed by atoms with van der Waals surface area (Å²) >= 11 is 0. The van der Waals surface area contributed by atoms with Crippen LogP contribution in [0.2, 0.25) is 0 Å². The molecule has 1 fully saturated rings. The van der Waals surface area contributed by atoms with Crippen molar-refractivity contribution in [1.82, 2.24) is 15.1 Å². The van der Waals surface area contributed by atoms with Crippen molar-refractivity contribution in [2.45, 2.75) is 33.0 Å². The molecule has 21 heavy (non-hydrogen) atoms. The van der Waals surface area contributed by atoms with Gasteiger partial charge < -0.3 is 9.64 Å². The van der Waals surface area contributed by atoms with Crippen molar-refractivity contribution >= 4 is 5.91 Å². The van der Waals surface area contributed by atoms with Crippen molar-refractivity contribution in [2.75, 3.05) is 19.8 Å². The number of aromatic amines is 1. The van der Waals surface area contributed by atoms with Crippen molar-refractivity contribution in [3.63, 3.8) is 0 Å². The van der Waals surface area contributed by atoms with Gasteiger partial charge in [0.2, 0.25) is 5.91 Å². The van der Waals surface area contributed by atoms with E-state index in [1.54, 1.807) is 13.8 Å². The number of aryl methyl sites for hydroxylation is 2. The van der Waals surface area contributed by atoms with Crippen molar-refractivity contribution in [1.29, 1.82) is 0 Å². The van der Waals surface area contributed by atoms with Crippen LogP contribution in [0.1, 0.15) is 29.9 Å². The molecule has 0 bridgehead atoms. The van der Waals surface area contributed by atoms with Crippen LogP contribution in [0, 0.1) is 19.8 Å². The molecule has 0 spiro atoms. The molecule has 1 amide bonds. The predicted octanol–water partition coefficient (Wildman–Crippen LogP) is 2.12. The van der Waals surface area contributed by atoms with Gasteiger partial charge in [-0.1, -0.05) is 0 Å². The standard InChI is InChI=1S/C13H18F3N3O2/c1-7(13(14,15)16)12(20)19-4-5-21-6-10(19)11-8(2)17-18-9(11)3/h7,10H,4-6H2,1-3H3,(H,17,18). The van der Waals surface area contributed by atoms with Gasteiger partial charge in [0.1, 0.15) is 5.92 Å². The van der Waals surface area contributed by atoms with Crippen LogP contribution in [0.15, 0.2) is 0 Å². The fourth-order valence-electron chi connectivity index (χ4n) is 2.55. The van der Waals surface area contributed by atoms with E-state index in [1.807, 2.05) is 0 Å². The number of alkyl halides is 3. The molecule has 2 unspecified atom stereocenters. The Kier molecular flexibility index (Phi) is 4.27. The molecule has 0 aromatic carbocycles.